The molecule has 0 saturated carbocycles. The summed E-state index contributed by atoms with van der Waals surface area (Å²) >= 11 is 0. The first-order valence-electron chi connectivity index (χ1n) is 5.20. The second-order valence-electron chi connectivity index (χ2n) is 3.79. The Bertz CT molecular complexity index is 452. The minimum absolute atomic E-state index is 0.00162. The summed E-state index contributed by atoms with van der Waals surface area (Å²) in [4.78, 5) is 22.6. The van der Waals surface area contributed by atoms with Gasteiger partial charge in [0.2, 0.25) is 11.8 Å². The fourth-order valence-electron chi connectivity index (χ4n) is 1.71. The highest BCUT2D eigenvalue weighted by atomic mass is 16.3. The number of aliphatic hydroxyl groups excluding tert-OH is 2. The van der Waals surface area contributed by atoms with Crippen LogP contribution in [0.2, 0.25) is 0 Å². The first-order valence-corrected chi connectivity index (χ1v) is 5.20. The van der Waals surface area contributed by atoms with Crippen molar-refractivity contribution in [1.29, 1.82) is 0 Å². The molecule has 2 amide bonds. The van der Waals surface area contributed by atoms with E-state index in [1.807, 2.05) is 0 Å². The lowest BCUT2D eigenvalue weighted by molar-refractivity contribution is 0.0971. The quantitative estimate of drug-likeness (QED) is 0.421. The fourth-order valence-corrected chi connectivity index (χ4v) is 1.71. The highest BCUT2D eigenvalue weighted by Crippen LogP contribution is 2.27. The molecule has 0 heterocycles. The molecular formula is C11H15N3O4. The van der Waals surface area contributed by atoms with Gasteiger partial charge in [0, 0.05) is 35.4 Å². The van der Waals surface area contributed by atoms with Crippen molar-refractivity contribution in [3.05, 3.63) is 28.8 Å². The Morgan fingerprint density at radius 3 is 1.94 bits per heavy atom. The first-order chi connectivity index (χ1) is 8.38. The lowest BCUT2D eigenvalue weighted by atomic mass is 9.93. The Kier molecular flexibility index (Phi) is 4.24. The zero-order chi connectivity index (χ0) is 13.9. The van der Waals surface area contributed by atoms with Crippen molar-refractivity contribution in [2.45, 2.75) is 12.5 Å². The van der Waals surface area contributed by atoms with Crippen molar-refractivity contribution in [2.75, 3.05) is 12.3 Å². The van der Waals surface area contributed by atoms with E-state index in [4.69, 9.17) is 22.3 Å². The van der Waals surface area contributed by atoms with Crippen LogP contribution in [0, 0.1) is 0 Å². The third kappa shape index (κ3) is 2.76. The molecular weight excluding hydrogens is 238 g/mol. The van der Waals surface area contributed by atoms with Crippen LogP contribution in [0.25, 0.3) is 0 Å². The van der Waals surface area contributed by atoms with Gasteiger partial charge in [-0.25, -0.2) is 0 Å². The molecule has 8 N–H and O–H groups in total. The number of nitrogen functional groups attached to an aromatic ring is 1. The molecule has 1 aromatic carbocycles. The minimum Gasteiger partial charge on any atom is -0.399 e. The Balaban J connectivity index is 3.50. The van der Waals surface area contributed by atoms with Gasteiger partial charge in [0.1, 0.15) is 0 Å². The molecule has 0 bridgehead atoms. The van der Waals surface area contributed by atoms with Crippen molar-refractivity contribution in [3.63, 3.8) is 0 Å². The summed E-state index contributed by atoms with van der Waals surface area (Å²) in [7, 11) is 0. The van der Waals surface area contributed by atoms with Gasteiger partial charge in [0.25, 0.3) is 0 Å². The number of rotatable bonds is 5. The standard InChI is InChI=1S/C11H15N3O4/c12-5-3-6(10(13)17)9(8(16)1-2-15)7(4-5)11(14)18/h3-4,8,15-16H,1-2,12H2,(H2,13,17)(H2,14,18). The van der Waals surface area contributed by atoms with Crippen molar-refractivity contribution in [2.24, 2.45) is 11.5 Å². The average molecular weight is 253 g/mol. The molecule has 0 saturated heterocycles. The lowest BCUT2D eigenvalue weighted by Gasteiger charge is -2.17. The Morgan fingerprint density at radius 2 is 1.61 bits per heavy atom. The molecule has 0 aliphatic rings. The number of hydrogen-bond donors (Lipinski definition) is 5. The monoisotopic (exact) mass is 253 g/mol. The van der Waals surface area contributed by atoms with Crippen molar-refractivity contribution in [3.8, 4) is 0 Å². The maximum absolute atomic E-state index is 11.3. The highest BCUT2D eigenvalue weighted by molar-refractivity contribution is 6.02. The third-order valence-electron chi connectivity index (χ3n) is 2.47. The Morgan fingerprint density at radius 1 is 1.17 bits per heavy atom. The lowest BCUT2D eigenvalue weighted by Crippen LogP contribution is -2.22. The Hall–Kier alpha value is -2.12. The number of carbonyl (C=O) groups is 2. The van der Waals surface area contributed by atoms with Crippen LogP contribution in [-0.4, -0.2) is 28.6 Å². The summed E-state index contributed by atoms with van der Waals surface area (Å²) < 4.78 is 0. The number of hydrogen-bond acceptors (Lipinski definition) is 5. The summed E-state index contributed by atoms with van der Waals surface area (Å²) in [6.07, 6.45) is -1.27. The molecule has 0 aromatic heterocycles. The van der Waals surface area contributed by atoms with Gasteiger partial charge < -0.3 is 27.4 Å². The largest absolute Gasteiger partial charge is 0.399 e. The van der Waals surface area contributed by atoms with Crippen molar-refractivity contribution < 1.29 is 19.8 Å². The van der Waals surface area contributed by atoms with Crippen molar-refractivity contribution in [1.82, 2.24) is 0 Å². The summed E-state index contributed by atoms with van der Waals surface area (Å²) in [5.41, 5.74) is 15.8. The summed E-state index contributed by atoms with van der Waals surface area (Å²) in [6.45, 7) is -0.318. The van der Waals surface area contributed by atoms with Crippen LogP contribution in [-0.2, 0) is 0 Å². The van der Waals surface area contributed by atoms with E-state index in [0.717, 1.165) is 0 Å². The minimum atomic E-state index is -1.22. The molecule has 98 valence electrons. The molecule has 1 aromatic rings. The van der Waals surface area contributed by atoms with Crippen LogP contribution in [0.3, 0.4) is 0 Å². The van der Waals surface area contributed by atoms with Gasteiger partial charge in [0.15, 0.2) is 0 Å². The fraction of sp³-hybridized carbons (Fsp3) is 0.273. The van der Waals surface area contributed by atoms with E-state index >= 15 is 0 Å². The van der Waals surface area contributed by atoms with E-state index in [9.17, 15) is 14.7 Å². The Labute approximate surface area is 103 Å². The normalized spacial score (nSPS) is 12.1. The molecule has 7 nitrogen and oxygen atoms in total. The second kappa shape index (κ2) is 5.48. The predicted molar refractivity (Wildman–Crippen MR) is 64.6 cm³/mol. The molecule has 1 unspecified atom stereocenters. The number of benzene rings is 1. The number of amides is 2. The highest BCUT2D eigenvalue weighted by Gasteiger charge is 2.23. The van der Waals surface area contributed by atoms with Gasteiger partial charge in [-0.15, -0.1) is 0 Å². The predicted octanol–water partition coefficient (Wildman–Crippen LogP) is -1.12. The van der Waals surface area contributed by atoms with E-state index in [1.165, 1.54) is 12.1 Å². The van der Waals surface area contributed by atoms with E-state index in [0.29, 0.717) is 0 Å². The number of primary amides is 2. The van der Waals surface area contributed by atoms with Gasteiger partial charge in [0.05, 0.1) is 6.10 Å². The zero-order valence-electron chi connectivity index (χ0n) is 9.59. The maximum atomic E-state index is 11.3. The van der Waals surface area contributed by atoms with Crippen LogP contribution >= 0.6 is 0 Å². The van der Waals surface area contributed by atoms with Gasteiger partial charge >= 0.3 is 0 Å². The van der Waals surface area contributed by atoms with Crippen LogP contribution in [0.4, 0.5) is 5.69 Å². The van der Waals surface area contributed by atoms with E-state index in [2.05, 4.69) is 0 Å². The first kappa shape index (κ1) is 13.9. The average Bonchev–Trinajstić information content (AvgIpc) is 2.27. The van der Waals surface area contributed by atoms with Crippen LogP contribution < -0.4 is 17.2 Å². The summed E-state index contributed by atoms with van der Waals surface area (Å²) in [5.74, 6) is -1.67. The molecule has 1 rings (SSSR count). The summed E-state index contributed by atoms with van der Waals surface area (Å²) in [6, 6.07) is 2.51. The smallest absolute Gasteiger partial charge is 0.249 e. The molecule has 0 spiro atoms. The van der Waals surface area contributed by atoms with E-state index in [-0.39, 0.29) is 35.4 Å². The van der Waals surface area contributed by atoms with E-state index in [1.54, 1.807) is 0 Å². The number of nitrogens with two attached hydrogens (primary N) is 3. The third-order valence-corrected chi connectivity index (χ3v) is 2.47. The van der Waals surface area contributed by atoms with Crippen LogP contribution in [0.5, 0.6) is 0 Å². The number of carbonyl (C=O) groups excluding carboxylic acids is 2. The molecule has 1 atom stereocenters. The molecule has 0 aliphatic carbocycles. The van der Waals surface area contributed by atoms with Crippen LogP contribution in [0.1, 0.15) is 38.8 Å². The van der Waals surface area contributed by atoms with Gasteiger partial charge in [-0.05, 0) is 12.1 Å². The topological polar surface area (TPSA) is 153 Å². The van der Waals surface area contributed by atoms with Crippen LogP contribution in [0.15, 0.2) is 12.1 Å². The number of anilines is 1. The maximum Gasteiger partial charge on any atom is 0.249 e. The molecule has 0 radical (unpaired) electrons. The van der Waals surface area contributed by atoms with Crippen molar-refractivity contribution >= 4 is 17.5 Å². The molecule has 7 heteroatoms. The molecule has 0 aliphatic heterocycles. The van der Waals surface area contributed by atoms with Gasteiger partial charge in [-0.1, -0.05) is 0 Å². The van der Waals surface area contributed by atoms with E-state index < -0.39 is 17.9 Å². The number of aliphatic hydroxyl groups is 2. The van der Waals surface area contributed by atoms with Gasteiger partial charge in [-0.2, -0.15) is 0 Å². The molecule has 18 heavy (non-hydrogen) atoms. The molecule has 0 fully saturated rings. The zero-order valence-corrected chi connectivity index (χ0v) is 9.59. The second-order valence-corrected chi connectivity index (χ2v) is 3.79. The SMILES string of the molecule is NC(=O)c1cc(N)cc(C(N)=O)c1C(O)CCO. The van der Waals surface area contributed by atoms with Gasteiger partial charge in [-0.3, -0.25) is 9.59 Å². The summed E-state index contributed by atoms with van der Waals surface area (Å²) in [5, 5.41) is 18.6.